The van der Waals surface area contributed by atoms with E-state index in [1.54, 1.807) is 27.9 Å². The number of benzene rings is 1. The summed E-state index contributed by atoms with van der Waals surface area (Å²) >= 11 is 0. The minimum absolute atomic E-state index is 0.178. The Bertz CT molecular complexity index is 622. The predicted octanol–water partition coefficient (Wildman–Crippen LogP) is 2.72. The first kappa shape index (κ1) is 20.0. The van der Waals surface area contributed by atoms with Crippen LogP contribution in [0.3, 0.4) is 0 Å². The third-order valence-electron chi connectivity index (χ3n) is 4.00. The summed E-state index contributed by atoms with van der Waals surface area (Å²) in [7, 11) is 1.66. The second kappa shape index (κ2) is 8.40. The van der Waals surface area contributed by atoms with Crippen molar-refractivity contribution < 1.29 is 28.9 Å². The highest BCUT2D eigenvalue weighted by Gasteiger charge is 2.42. The number of hydrogen-bond donors (Lipinski definition) is 1. The summed E-state index contributed by atoms with van der Waals surface area (Å²) in [6.45, 7) is 6.06. The van der Waals surface area contributed by atoms with Crippen molar-refractivity contribution in [3.05, 3.63) is 29.8 Å². The third-order valence-corrected chi connectivity index (χ3v) is 4.00. The van der Waals surface area contributed by atoms with Crippen molar-refractivity contribution in [2.24, 2.45) is 0 Å². The van der Waals surface area contributed by atoms with Crippen LogP contribution in [0.2, 0.25) is 0 Å². The minimum atomic E-state index is -1.06. The lowest BCUT2D eigenvalue weighted by Gasteiger charge is -2.26. The lowest BCUT2D eigenvalue weighted by Crippen LogP contribution is -2.43. The van der Waals surface area contributed by atoms with Gasteiger partial charge in [0.15, 0.2) is 0 Å². The molecule has 0 radical (unpaired) electrons. The number of carbonyl (C=O) groups excluding carboxylic acids is 1. The second-order valence-corrected chi connectivity index (χ2v) is 7.35. The van der Waals surface area contributed by atoms with Crippen LogP contribution in [0.4, 0.5) is 4.79 Å². The molecule has 1 amide bonds. The molecule has 1 N–H and O–H groups in total. The van der Waals surface area contributed by atoms with Gasteiger partial charge in [0, 0.05) is 13.5 Å². The molecule has 26 heavy (non-hydrogen) atoms. The van der Waals surface area contributed by atoms with Crippen LogP contribution in [0.15, 0.2) is 24.3 Å². The molecule has 2 unspecified atom stereocenters. The number of amides is 1. The van der Waals surface area contributed by atoms with Crippen LogP contribution >= 0.6 is 0 Å². The normalized spacial score (nSPS) is 20.1. The summed E-state index contributed by atoms with van der Waals surface area (Å²) in [4.78, 5) is 25.0. The number of likely N-dealkylation sites (tertiary alicyclic amines) is 1. The number of carboxylic acid groups (broad SMARTS) is 1. The predicted molar refractivity (Wildman–Crippen MR) is 95.4 cm³/mol. The van der Waals surface area contributed by atoms with E-state index in [1.807, 2.05) is 24.3 Å². The van der Waals surface area contributed by atoms with Gasteiger partial charge in [-0.25, -0.2) is 9.59 Å². The van der Waals surface area contributed by atoms with Gasteiger partial charge in [-0.05, 0) is 44.9 Å². The van der Waals surface area contributed by atoms with Crippen LogP contribution in [-0.2, 0) is 20.7 Å². The van der Waals surface area contributed by atoms with E-state index in [1.165, 1.54) is 4.90 Å². The van der Waals surface area contributed by atoms with Gasteiger partial charge in [-0.15, -0.1) is 0 Å². The fourth-order valence-electron chi connectivity index (χ4n) is 2.79. The first-order valence-corrected chi connectivity index (χ1v) is 8.66. The molecule has 1 fully saturated rings. The average molecular weight is 365 g/mol. The maximum atomic E-state index is 12.3. The van der Waals surface area contributed by atoms with Crippen LogP contribution in [-0.4, -0.2) is 60.1 Å². The molecule has 1 aliphatic heterocycles. The zero-order valence-corrected chi connectivity index (χ0v) is 15.7. The van der Waals surface area contributed by atoms with Crippen molar-refractivity contribution in [3.8, 4) is 5.75 Å². The van der Waals surface area contributed by atoms with Gasteiger partial charge in [-0.1, -0.05) is 12.1 Å². The lowest BCUT2D eigenvalue weighted by molar-refractivity contribution is -0.142. The summed E-state index contributed by atoms with van der Waals surface area (Å²) in [6.07, 6.45) is 0.00706. The quantitative estimate of drug-likeness (QED) is 0.834. The highest BCUT2D eigenvalue weighted by Crippen LogP contribution is 2.25. The number of methoxy groups -OCH3 is 1. The molecule has 1 aromatic rings. The number of carbonyl (C=O) groups is 2. The van der Waals surface area contributed by atoms with Crippen molar-refractivity contribution in [1.29, 1.82) is 0 Å². The smallest absolute Gasteiger partial charge is 0.411 e. The van der Waals surface area contributed by atoms with E-state index in [-0.39, 0.29) is 13.0 Å². The molecular weight excluding hydrogens is 338 g/mol. The molecule has 0 aromatic heterocycles. The van der Waals surface area contributed by atoms with E-state index in [0.717, 1.165) is 12.0 Å². The highest BCUT2D eigenvalue weighted by molar-refractivity contribution is 5.81. The van der Waals surface area contributed by atoms with E-state index in [9.17, 15) is 14.7 Å². The van der Waals surface area contributed by atoms with Gasteiger partial charge in [-0.2, -0.15) is 0 Å². The van der Waals surface area contributed by atoms with Crippen LogP contribution < -0.4 is 4.74 Å². The molecule has 1 aromatic carbocycles. The van der Waals surface area contributed by atoms with Gasteiger partial charge in [0.25, 0.3) is 0 Å². The SMILES string of the molecule is COCCc1ccc(OC2CC(C(=O)O)N(C(=O)OC(C)(C)C)C2)cc1. The second-order valence-electron chi connectivity index (χ2n) is 7.35. The lowest BCUT2D eigenvalue weighted by atomic mass is 10.1. The Kier molecular flexibility index (Phi) is 6.47. The number of rotatable bonds is 6. The van der Waals surface area contributed by atoms with Crippen LogP contribution in [0.25, 0.3) is 0 Å². The van der Waals surface area contributed by atoms with E-state index in [0.29, 0.717) is 12.4 Å². The highest BCUT2D eigenvalue weighted by atomic mass is 16.6. The summed E-state index contributed by atoms with van der Waals surface area (Å²) in [5.41, 5.74) is 0.446. The summed E-state index contributed by atoms with van der Waals surface area (Å²) in [5.74, 6) is -0.414. The van der Waals surface area contributed by atoms with Gasteiger partial charge in [0.2, 0.25) is 0 Å². The Balaban J connectivity index is 2.00. The van der Waals surface area contributed by atoms with Gasteiger partial charge in [0.1, 0.15) is 23.5 Å². The topological polar surface area (TPSA) is 85.3 Å². The molecule has 144 valence electrons. The standard InChI is InChI=1S/C19H27NO6/c1-19(2,3)26-18(23)20-12-15(11-16(20)17(21)22)25-14-7-5-13(6-8-14)9-10-24-4/h5-8,15-16H,9-12H2,1-4H3,(H,21,22). The van der Waals surface area contributed by atoms with Crippen LogP contribution in [0.1, 0.15) is 32.8 Å². The molecule has 0 bridgehead atoms. The zero-order chi connectivity index (χ0) is 19.3. The summed E-state index contributed by atoms with van der Waals surface area (Å²) in [6, 6.07) is 6.64. The Morgan fingerprint density at radius 1 is 1.23 bits per heavy atom. The van der Waals surface area contributed by atoms with E-state index in [4.69, 9.17) is 14.2 Å². The first-order valence-electron chi connectivity index (χ1n) is 8.66. The molecule has 2 atom stereocenters. The zero-order valence-electron chi connectivity index (χ0n) is 15.7. The van der Waals surface area contributed by atoms with Gasteiger partial charge in [0.05, 0.1) is 13.2 Å². The fraction of sp³-hybridized carbons (Fsp3) is 0.579. The summed E-state index contributed by atoms with van der Waals surface area (Å²) < 4.78 is 16.2. The fourth-order valence-corrected chi connectivity index (χ4v) is 2.79. The van der Waals surface area contributed by atoms with Crippen LogP contribution in [0.5, 0.6) is 5.75 Å². The molecule has 0 saturated carbocycles. The van der Waals surface area contributed by atoms with Crippen molar-refractivity contribution in [3.63, 3.8) is 0 Å². The molecule has 7 heteroatoms. The Labute approximate surface area is 153 Å². The van der Waals surface area contributed by atoms with Crippen molar-refractivity contribution >= 4 is 12.1 Å². The number of nitrogens with zero attached hydrogens (tertiary/aromatic N) is 1. The van der Waals surface area contributed by atoms with Gasteiger partial charge < -0.3 is 19.3 Å². The monoisotopic (exact) mass is 365 g/mol. The molecule has 1 heterocycles. The number of aliphatic carboxylic acids is 1. The minimum Gasteiger partial charge on any atom is -0.488 e. The van der Waals surface area contributed by atoms with Gasteiger partial charge >= 0.3 is 12.1 Å². The Hall–Kier alpha value is -2.28. The molecular formula is C19H27NO6. The first-order chi connectivity index (χ1) is 12.2. The maximum absolute atomic E-state index is 12.3. The number of hydrogen-bond acceptors (Lipinski definition) is 5. The van der Waals surface area contributed by atoms with Crippen LogP contribution in [0, 0.1) is 0 Å². The van der Waals surface area contributed by atoms with Crippen molar-refractivity contribution in [2.75, 3.05) is 20.3 Å². The van der Waals surface area contributed by atoms with E-state index in [2.05, 4.69) is 0 Å². The largest absolute Gasteiger partial charge is 0.488 e. The molecule has 1 aliphatic rings. The maximum Gasteiger partial charge on any atom is 0.411 e. The third kappa shape index (κ3) is 5.62. The molecule has 0 spiro atoms. The Morgan fingerprint density at radius 3 is 2.42 bits per heavy atom. The molecule has 1 saturated heterocycles. The summed E-state index contributed by atoms with van der Waals surface area (Å²) in [5, 5.41) is 9.42. The van der Waals surface area contributed by atoms with E-state index >= 15 is 0 Å². The average Bonchev–Trinajstić information content (AvgIpc) is 2.97. The molecule has 0 aliphatic carbocycles. The van der Waals surface area contributed by atoms with E-state index < -0.39 is 29.8 Å². The molecule has 2 rings (SSSR count). The Morgan fingerprint density at radius 2 is 1.88 bits per heavy atom. The molecule has 7 nitrogen and oxygen atoms in total. The van der Waals surface area contributed by atoms with Crippen molar-refractivity contribution in [2.45, 2.75) is 51.4 Å². The number of ether oxygens (including phenoxy) is 3. The van der Waals surface area contributed by atoms with Gasteiger partial charge in [-0.3, -0.25) is 4.90 Å². The van der Waals surface area contributed by atoms with Crippen molar-refractivity contribution in [1.82, 2.24) is 4.90 Å². The number of carboxylic acids is 1.